The summed E-state index contributed by atoms with van der Waals surface area (Å²) in [7, 11) is 0. The topological polar surface area (TPSA) is 77.2 Å². The summed E-state index contributed by atoms with van der Waals surface area (Å²) in [4.78, 5) is 15.9. The van der Waals surface area contributed by atoms with Crippen LogP contribution in [0.4, 0.5) is 0 Å². The zero-order valence-corrected chi connectivity index (χ0v) is 18.6. The van der Waals surface area contributed by atoms with Gasteiger partial charge in [-0.3, -0.25) is 4.79 Å². The largest absolute Gasteiger partial charge is 0.508 e. The second kappa shape index (κ2) is 11.2. The van der Waals surface area contributed by atoms with Crippen LogP contribution in [0.25, 0.3) is 17.0 Å². The zero-order chi connectivity index (χ0) is 22.9. The summed E-state index contributed by atoms with van der Waals surface area (Å²) in [5.74, 6) is 0.216. The Labute approximate surface area is 194 Å². The summed E-state index contributed by atoms with van der Waals surface area (Å²) in [6.07, 6.45) is 7.77. The smallest absolute Gasteiger partial charge is 0.251 e. The molecule has 0 aliphatic carbocycles. The molecule has 168 valence electrons. The highest BCUT2D eigenvalue weighted by Gasteiger charge is 2.10. The van der Waals surface area contributed by atoms with Gasteiger partial charge < -0.3 is 20.7 Å². The van der Waals surface area contributed by atoms with Crippen molar-refractivity contribution in [2.45, 2.75) is 19.4 Å². The number of H-pyrrole nitrogens is 1. The van der Waals surface area contributed by atoms with E-state index in [2.05, 4.69) is 39.9 Å². The first-order valence-electron chi connectivity index (χ1n) is 11.3. The van der Waals surface area contributed by atoms with E-state index in [1.165, 1.54) is 5.56 Å². The lowest BCUT2D eigenvalue weighted by atomic mass is 10.1. The molecule has 5 nitrogen and oxygen atoms in total. The number of rotatable bonds is 10. The van der Waals surface area contributed by atoms with Gasteiger partial charge in [-0.05, 0) is 54.3 Å². The first kappa shape index (κ1) is 22.4. The standard InChI is InChI=1S/C28H29N3O2/c32-24-13-14-25-23(20-31-27(25)18-24)15-17-29-19-22-11-4-5-12-26(22)28(33)30-16-7-6-10-21-8-2-1-3-9-21/h1-6,8-14,18,20,29,31-32H,7,15-17,19H2,(H,30,33)/b10-6+. The lowest BCUT2D eigenvalue weighted by Crippen LogP contribution is -2.26. The van der Waals surface area contributed by atoms with E-state index in [0.717, 1.165) is 41.4 Å². The quantitative estimate of drug-likeness (QED) is 0.262. The maximum atomic E-state index is 12.7. The van der Waals surface area contributed by atoms with Crippen molar-refractivity contribution in [3.05, 3.63) is 107 Å². The van der Waals surface area contributed by atoms with Gasteiger partial charge in [0.05, 0.1) is 0 Å². The average molecular weight is 440 g/mol. The number of hydrogen-bond donors (Lipinski definition) is 4. The van der Waals surface area contributed by atoms with Gasteiger partial charge in [-0.25, -0.2) is 0 Å². The molecule has 0 atom stereocenters. The Morgan fingerprint density at radius 3 is 2.64 bits per heavy atom. The van der Waals surface area contributed by atoms with Gasteiger partial charge in [0.2, 0.25) is 0 Å². The summed E-state index contributed by atoms with van der Waals surface area (Å²) in [6.45, 7) is 2.01. The van der Waals surface area contributed by atoms with E-state index >= 15 is 0 Å². The number of hydrogen-bond acceptors (Lipinski definition) is 3. The number of aromatic hydroxyl groups is 1. The minimum absolute atomic E-state index is 0.0445. The molecule has 1 heterocycles. The molecule has 0 radical (unpaired) electrons. The monoisotopic (exact) mass is 439 g/mol. The summed E-state index contributed by atoms with van der Waals surface area (Å²) in [5, 5.41) is 17.2. The average Bonchev–Trinajstić information content (AvgIpc) is 3.24. The molecule has 3 aromatic carbocycles. The van der Waals surface area contributed by atoms with Crippen molar-refractivity contribution in [3.8, 4) is 5.75 Å². The molecule has 0 bridgehead atoms. The Morgan fingerprint density at radius 2 is 1.76 bits per heavy atom. The number of amides is 1. The van der Waals surface area contributed by atoms with E-state index in [4.69, 9.17) is 0 Å². The van der Waals surface area contributed by atoms with Crippen LogP contribution in [0.15, 0.2) is 85.1 Å². The molecule has 1 amide bonds. The van der Waals surface area contributed by atoms with Gasteiger partial charge in [0.25, 0.3) is 5.91 Å². The Kier molecular flexibility index (Phi) is 7.56. The fraction of sp³-hybridized carbons (Fsp3) is 0.179. The molecule has 0 unspecified atom stereocenters. The van der Waals surface area contributed by atoms with Crippen LogP contribution >= 0.6 is 0 Å². The number of nitrogens with one attached hydrogen (secondary N) is 3. The fourth-order valence-electron chi connectivity index (χ4n) is 3.87. The molecule has 0 spiro atoms. The van der Waals surface area contributed by atoms with Gasteiger partial charge in [-0.15, -0.1) is 0 Å². The first-order chi connectivity index (χ1) is 16.2. The summed E-state index contributed by atoms with van der Waals surface area (Å²) in [5.41, 5.74) is 4.99. The Balaban J connectivity index is 1.25. The summed E-state index contributed by atoms with van der Waals surface area (Å²) < 4.78 is 0. The molecule has 0 saturated heterocycles. The SMILES string of the molecule is O=C(NCC/C=C/c1ccccc1)c1ccccc1CNCCc1c[nH]c2cc(O)ccc12. The molecule has 0 saturated carbocycles. The van der Waals surface area contributed by atoms with Gasteiger partial charge in [0.15, 0.2) is 0 Å². The molecular weight excluding hydrogens is 410 g/mol. The Morgan fingerprint density at radius 1 is 0.939 bits per heavy atom. The third kappa shape index (κ3) is 6.11. The normalized spacial score (nSPS) is 11.3. The van der Waals surface area contributed by atoms with Crippen molar-refractivity contribution in [1.29, 1.82) is 0 Å². The van der Waals surface area contributed by atoms with Crippen LogP contribution in [0.3, 0.4) is 0 Å². The number of carbonyl (C=O) groups excluding carboxylic acids is 1. The number of phenols is 1. The highest BCUT2D eigenvalue weighted by Crippen LogP contribution is 2.22. The summed E-state index contributed by atoms with van der Waals surface area (Å²) in [6, 6.07) is 23.2. The number of aromatic amines is 1. The predicted octanol–water partition coefficient (Wildman–Crippen LogP) is 5.04. The molecule has 0 fully saturated rings. The number of aromatic nitrogens is 1. The number of benzene rings is 3. The Hall–Kier alpha value is -3.83. The van der Waals surface area contributed by atoms with Crippen LogP contribution in [-0.2, 0) is 13.0 Å². The minimum atomic E-state index is -0.0445. The lowest BCUT2D eigenvalue weighted by molar-refractivity contribution is 0.0953. The van der Waals surface area contributed by atoms with Gasteiger partial charge in [0.1, 0.15) is 5.75 Å². The molecule has 0 aliphatic rings. The van der Waals surface area contributed by atoms with E-state index in [1.807, 2.05) is 54.7 Å². The van der Waals surface area contributed by atoms with Crippen molar-refractivity contribution >= 4 is 22.9 Å². The van der Waals surface area contributed by atoms with Gasteiger partial charge in [-0.1, -0.05) is 60.7 Å². The van der Waals surface area contributed by atoms with Crippen LogP contribution in [-0.4, -0.2) is 29.1 Å². The van der Waals surface area contributed by atoms with Crippen molar-refractivity contribution in [2.75, 3.05) is 13.1 Å². The Bertz CT molecular complexity index is 1230. The second-order valence-corrected chi connectivity index (χ2v) is 7.99. The number of carbonyl (C=O) groups is 1. The van der Waals surface area contributed by atoms with E-state index in [1.54, 1.807) is 12.1 Å². The third-order valence-corrected chi connectivity index (χ3v) is 5.61. The van der Waals surface area contributed by atoms with Crippen molar-refractivity contribution < 1.29 is 9.90 Å². The minimum Gasteiger partial charge on any atom is -0.508 e. The summed E-state index contributed by atoms with van der Waals surface area (Å²) >= 11 is 0. The van der Waals surface area contributed by atoms with Gasteiger partial charge >= 0.3 is 0 Å². The molecule has 0 aliphatic heterocycles. The van der Waals surface area contributed by atoms with Crippen LogP contribution in [0, 0.1) is 0 Å². The van der Waals surface area contributed by atoms with Crippen LogP contribution in [0.2, 0.25) is 0 Å². The number of phenolic OH excluding ortho intramolecular Hbond substituents is 1. The molecule has 5 heteroatoms. The maximum Gasteiger partial charge on any atom is 0.251 e. The van der Waals surface area contributed by atoms with Gasteiger partial charge in [0, 0.05) is 41.8 Å². The highest BCUT2D eigenvalue weighted by atomic mass is 16.3. The third-order valence-electron chi connectivity index (χ3n) is 5.61. The zero-order valence-electron chi connectivity index (χ0n) is 18.6. The van der Waals surface area contributed by atoms with Crippen LogP contribution in [0.1, 0.15) is 33.5 Å². The van der Waals surface area contributed by atoms with E-state index < -0.39 is 0 Å². The molecule has 4 N–H and O–H groups in total. The fourth-order valence-corrected chi connectivity index (χ4v) is 3.87. The van der Waals surface area contributed by atoms with E-state index in [-0.39, 0.29) is 11.7 Å². The molecule has 33 heavy (non-hydrogen) atoms. The predicted molar refractivity (Wildman–Crippen MR) is 134 cm³/mol. The van der Waals surface area contributed by atoms with Crippen LogP contribution < -0.4 is 10.6 Å². The highest BCUT2D eigenvalue weighted by molar-refractivity contribution is 5.95. The second-order valence-electron chi connectivity index (χ2n) is 7.99. The van der Waals surface area contributed by atoms with Gasteiger partial charge in [-0.2, -0.15) is 0 Å². The van der Waals surface area contributed by atoms with Crippen LogP contribution in [0.5, 0.6) is 5.75 Å². The van der Waals surface area contributed by atoms with E-state index in [0.29, 0.717) is 18.7 Å². The number of fused-ring (bicyclic) bond motifs is 1. The van der Waals surface area contributed by atoms with E-state index in [9.17, 15) is 9.90 Å². The first-order valence-corrected chi connectivity index (χ1v) is 11.3. The van der Waals surface area contributed by atoms with Crippen molar-refractivity contribution in [1.82, 2.24) is 15.6 Å². The molecular formula is C28H29N3O2. The lowest BCUT2D eigenvalue weighted by Gasteiger charge is -2.11. The van der Waals surface area contributed by atoms with Crippen molar-refractivity contribution in [2.24, 2.45) is 0 Å². The molecule has 1 aromatic heterocycles. The molecule has 4 rings (SSSR count). The maximum absolute atomic E-state index is 12.7. The molecule has 4 aromatic rings. The van der Waals surface area contributed by atoms with Crippen molar-refractivity contribution in [3.63, 3.8) is 0 Å².